The molecule has 3 aromatic rings. The van der Waals surface area contributed by atoms with Crippen LogP contribution >= 0.6 is 0 Å². The van der Waals surface area contributed by atoms with E-state index in [0.717, 1.165) is 47.3 Å². The second-order valence-electron chi connectivity index (χ2n) is 8.03. The molecule has 0 N–H and O–H groups in total. The molecule has 1 aliphatic heterocycles. The molecular weight excluding hydrogens is 396 g/mol. The molecule has 2 atom stereocenters. The number of likely N-dealkylation sites (tertiary alicyclic amines) is 1. The summed E-state index contributed by atoms with van der Waals surface area (Å²) in [5, 5.41) is 0. The Bertz CT molecular complexity index is 973. The van der Waals surface area contributed by atoms with Crippen LogP contribution in [0.4, 0.5) is 8.78 Å². The molecule has 0 spiro atoms. The topological polar surface area (TPSA) is 38.2 Å². The number of hydrogen-bond donors (Lipinski definition) is 0. The van der Waals surface area contributed by atoms with Crippen molar-refractivity contribution >= 4 is 0 Å². The highest BCUT2D eigenvalue weighted by atomic mass is 19.3. The Morgan fingerprint density at radius 3 is 2.03 bits per heavy atom. The number of halogens is 2. The maximum Gasteiger partial charge on any atom is 0.387 e. The van der Waals surface area contributed by atoms with Crippen molar-refractivity contribution in [1.82, 2.24) is 14.9 Å². The van der Waals surface area contributed by atoms with E-state index in [9.17, 15) is 8.78 Å². The predicted molar refractivity (Wildman–Crippen MR) is 116 cm³/mol. The Morgan fingerprint density at radius 2 is 1.48 bits per heavy atom. The highest BCUT2D eigenvalue weighted by Gasteiger charge is 2.35. The molecule has 1 aromatic carbocycles. The van der Waals surface area contributed by atoms with Crippen LogP contribution in [0.5, 0.6) is 5.75 Å². The number of piperidine rings is 1. The Hall–Kier alpha value is -2.86. The molecule has 0 bridgehead atoms. The monoisotopic (exact) mass is 423 g/mol. The van der Waals surface area contributed by atoms with Gasteiger partial charge in [-0.3, -0.25) is 14.9 Å². The van der Waals surface area contributed by atoms with Crippen LogP contribution in [-0.2, 0) is 6.54 Å². The van der Waals surface area contributed by atoms with E-state index in [2.05, 4.69) is 30.9 Å². The normalized spacial score (nSPS) is 19.5. The summed E-state index contributed by atoms with van der Waals surface area (Å²) in [6, 6.07) is 15.2. The van der Waals surface area contributed by atoms with Gasteiger partial charge in [-0.1, -0.05) is 30.3 Å². The van der Waals surface area contributed by atoms with Crippen LogP contribution in [0.25, 0.3) is 0 Å². The molecule has 0 radical (unpaired) electrons. The van der Waals surface area contributed by atoms with E-state index in [-0.39, 0.29) is 17.8 Å². The van der Waals surface area contributed by atoms with Gasteiger partial charge in [0.25, 0.3) is 0 Å². The summed E-state index contributed by atoms with van der Waals surface area (Å²) in [5.74, 6) is 0.219. The molecule has 162 valence electrons. The van der Waals surface area contributed by atoms with Crippen molar-refractivity contribution in [3.05, 3.63) is 89.0 Å². The van der Waals surface area contributed by atoms with E-state index in [4.69, 9.17) is 14.7 Å². The van der Waals surface area contributed by atoms with Crippen LogP contribution < -0.4 is 4.74 Å². The van der Waals surface area contributed by atoms with Gasteiger partial charge in [-0.2, -0.15) is 8.78 Å². The lowest BCUT2D eigenvalue weighted by atomic mass is 9.88. The standard InChI is InChI=1S/C25H27F2N3O/c1-17-8-6-14-28-23(17)20-11-5-12-21(24-18(2)9-7-15-29-24)30(20)16-19-10-3-4-13-22(19)31-25(26)27/h3-4,6-10,13-15,20-21,25H,5,11-12,16H2,1-2H3/t20-,21+. The zero-order chi connectivity index (χ0) is 21.8. The molecule has 1 fully saturated rings. The molecular formula is C25H27F2N3O. The van der Waals surface area contributed by atoms with Crippen LogP contribution in [0.2, 0.25) is 0 Å². The number of aryl methyl sites for hydroxylation is 2. The third-order valence-electron chi connectivity index (χ3n) is 6.03. The predicted octanol–water partition coefficient (Wildman–Crippen LogP) is 6.16. The van der Waals surface area contributed by atoms with Crippen molar-refractivity contribution in [2.75, 3.05) is 0 Å². The van der Waals surface area contributed by atoms with E-state index in [1.807, 2.05) is 36.7 Å². The van der Waals surface area contributed by atoms with Gasteiger partial charge < -0.3 is 4.74 Å². The first kappa shape index (κ1) is 21.4. The minimum absolute atomic E-state index is 0.0703. The number of rotatable bonds is 6. The summed E-state index contributed by atoms with van der Waals surface area (Å²) in [6.07, 6.45) is 6.61. The molecule has 3 heterocycles. The molecule has 0 aliphatic carbocycles. The third kappa shape index (κ3) is 4.74. The number of benzene rings is 1. The molecule has 2 aromatic heterocycles. The van der Waals surface area contributed by atoms with Crippen molar-refractivity contribution in [2.45, 2.75) is 58.3 Å². The summed E-state index contributed by atoms with van der Waals surface area (Å²) < 4.78 is 30.8. The van der Waals surface area contributed by atoms with Gasteiger partial charge in [-0.05, 0) is 62.4 Å². The van der Waals surface area contributed by atoms with Gasteiger partial charge in [0, 0.05) is 24.5 Å². The van der Waals surface area contributed by atoms with Crippen LogP contribution in [0.15, 0.2) is 60.9 Å². The van der Waals surface area contributed by atoms with Crippen molar-refractivity contribution < 1.29 is 13.5 Å². The minimum Gasteiger partial charge on any atom is -0.434 e. The molecule has 0 amide bonds. The summed E-state index contributed by atoms with van der Waals surface area (Å²) in [5.41, 5.74) is 5.07. The van der Waals surface area contributed by atoms with Crippen molar-refractivity contribution in [3.63, 3.8) is 0 Å². The van der Waals surface area contributed by atoms with Gasteiger partial charge in [0.05, 0.1) is 23.5 Å². The first-order valence-corrected chi connectivity index (χ1v) is 10.7. The summed E-state index contributed by atoms with van der Waals surface area (Å²) in [6.45, 7) is 1.77. The molecule has 6 heteroatoms. The lowest BCUT2D eigenvalue weighted by Crippen LogP contribution is -2.37. The molecule has 1 saturated heterocycles. The van der Waals surface area contributed by atoms with Crippen LogP contribution in [0.3, 0.4) is 0 Å². The number of nitrogens with zero attached hydrogens (tertiary/aromatic N) is 3. The Morgan fingerprint density at radius 1 is 0.903 bits per heavy atom. The zero-order valence-corrected chi connectivity index (χ0v) is 17.8. The highest BCUT2D eigenvalue weighted by Crippen LogP contribution is 2.43. The Labute approximate surface area is 181 Å². The van der Waals surface area contributed by atoms with Gasteiger partial charge >= 0.3 is 6.61 Å². The number of hydrogen-bond acceptors (Lipinski definition) is 4. The SMILES string of the molecule is Cc1cccnc1[C@H]1CCC[C@@H](c2ncccc2C)N1Cc1ccccc1OC(F)F. The molecule has 31 heavy (non-hydrogen) atoms. The van der Waals surface area contributed by atoms with E-state index < -0.39 is 6.61 Å². The van der Waals surface area contributed by atoms with Gasteiger partial charge in [0.1, 0.15) is 5.75 Å². The molecule has 1 aliphatic rings. The Balaban J connectivity index is 1.77. The van der Waals surface area contributed by atoms with Crippen molar-refractivity contribution in [1.29, 1.82) is 0 Å². The molecule has 4 nitrogen and oxygen atoms in total. The van der Waals surface area contributed by atoms with Crippen molar-refractivity contribution in [2.24, 2.45) is 0 Å². The fraction of sp³-hybridized carbons (Fsp3) is 0.360. The maximum absolute atomic E-state index is 13.0. The summed E-state index contributed by atoms with van der Waals surface area (Å²) in [7, 11) is 0. The van der Waals surface area contributed by atoms with Crippen LogP contribution in [-0.4, -0.2) is 21.5 Å². The zero-order valence-electron chi connectivity index (χ0n) is 17.8. The number of alkyl halides is 2. The number of aromatic nitrogens is 2. The summed E-state index contributed by atoms with van der Waals surface area (Å²) >= 11 is 0. The van der Waals surface area contributed by atoms with E-state index in [0.29, 0.717) is 6.54 Å². The quantitative estimate of drug-likeness (QED) is 0.476. The second kappa shape index (κ2) is 9.52. The first-order valence-electron chi connectivity index (χ1n) is 10.7. The molecule has 0 saturated carbocycles. The lowest BCUT2D eigenvalue weighted by Gasteiger charge is -2.42. The highest BCUT2D eigenvalue weighted by molar-refractivity contribution is 5.34. The average molecular weight is 424 g/mol. The van der Waals surface area contributed by atoms with Gasteiger partial charge in [0.15, 0.2) is 0 Å². The van der Waals surface area contributed by atoms with E-state index in [1.165, 1.54) is 0 Å². The fourth-order valence-corrected chi connectivity index (χ4v) is 4.60. The maximum atomic E-state index is 13.0. The molecule has 0 unspecified atom stereocenters. The first-order chi connectivity index (χ1) is 15.0. The summed E-state index contributed by atoms with van der Waals surface area (Å²) in [4.78, 5) is 11.8. The van der Waals surface area contributed by atoms with Gasteiger partial charge in [-0.25, -0.2) is 0 Å². The lowest BCUT2D eigenvalue weighted by molar-refractivity contribution is -0.0512. The van der Waals surface area contributed by atoms with Gasteiger partial charge in [0.2, 0.25) is 0 Å². The average Bonchev–Trinajstić information content (AvgIpc) is 2.76. The fourth-order valence-electron chi connectivity index (χ4n) is 4.60. The Kier molecular flexibility index (Phi) is 6.56. The second-order valence-corrected chi connectivity index (χ2v) is 8.03. The van der Waals surface area contributed by atoms with E-state index >= 15 is 0 Å². The van der Waals surface area contributed by atoms with Crippen LogP contribution in [0, 0.1) is 13.8 Å². The smallest absolute Gasteiger partial charge is 0.387 e. The largest absolute Gasteiger partial charge is 0.434 e. The van der Waals surface area contributed by atoms with Crippen LogP contribution in [0.1, 0.15) is 59.4 Å². The molecule has 4 rings (SSSR count). The number of para-hydroxylation sites is 1. The number of pyridine rings is 2. The van der Waals surface area contributed by atoms with E-state index in [1.54, 1.807) is 12.1 Å². The van der Waals surface area contributed by atoms with Crippen molar-refractivity contribution in [3.8, 4) is 5.75 Å². The minimum atomic E-state index is -2.86. The number of ether oxygens (including phenoxy) is 1. The third-order valence-corrected chi connectivity index (χ3v) is 6.03. The van der Waals surface area contributed by atoms with Gasteiger partial charge in [-0.15, -0.1) is 0 Å².